The Morgan fingerprint density at radius 1 is 1.19 bits per heavy atom. The molecule has 140 valence electrons. The first kappa shape index (κ1) is 18.2. The van der Waals surface area contributed by atoms with Gasteiger partial charge in [-0.1, -0.05) is 0 Å². The van der Waals surface area contributed by atoms with Crippen molar-refractivity contribution in [3.8, 4) is 0 Å². The van der Waals surface area contributed by atoms with E-state index in [2.05, 4.69) is 43.8 Å². The van der Waals surface area contributed by atoms with Crippen molar-refractivity contribution >= 4 is 11.9 Å². The molecule has 3 heterocycles. The molecule has 0 saturated carbocycles. The van der Waals surface area contributed by atoms with Crippen molar-refractivity contribution in [3.05, 3.63) is 30.6 Å². The summed E-state index contributed by atoms with van der Waals surface area (Å²) in [6.07, 6.45) is 5.22. The molecule has 1 aliphatic rings. The highest BCUT2D eigenvalue weighted by Crippen LogP contribution is 2.11. The predicted octanol–water partition coefficient (Wildman–Crippen LogP) is 0.430. The van der Waals surface area contributed by atoms with Gasteiger partial charge in [-0.05, 0) is 19.9 Å². The SMILES string of the molecule is CC(C)n1cnnc1CN(C)C(=O)CN1CCN(c2ncccn2)CC1. The van der Waals surface area contributed by atoms with Crippen molar-refractivity contribution in [1.29, 1.82) is 0 Å². The van der Waals surface area contributed by atoms with E-state index in [1.54, 1.807) is 23.6 Å². The van der Waals surface area contributed by atoms with Gasteiger partial charge >= 0.3 is 0 Å². The maximum Gasteiger partial charge on any atom is 0.236 e. The van der Waals surface area contributed by atoms with Crippen molar-refractivity contribution in [1.82, 2.24) is 34.5 Å². The fraction of sp³-hybridized carbons (Fsp3) is 0.588. The Kier molecular flexibility index (Phi) is 5.77. The zero-order chi connectivity index (χ0) is 18.5. The molecule has 1 amide bonds. The number of hydrogen-bond acceptors (Lipinski definition) is 7. The maximum atomic E-state index is 12.6. The van der Waals surface area contributed by atoms with Crippen molar-refractivity contribution in [2.24, 2.45) is 0 Å². The summed E-state index contributed by atoms with van der Waals surface area (Å²) in [6.45, 7) is 8.31. The lowest BCUT2D eigenvalue weighted by Gasteiger charge is -2.34. The van der Waals surface area contributed by atoms with Crippen LogP contribution >= 0.6 is 0 Å². The number of amides is 1. The van der Waals surface area contributed by atoms with E-state index in [1.165, 1.54) is 0 Å². The predicted molar refractivity (Wildman–Crippen MR) is 97.6 cm³/mol. The summed E-state index contributed by atoms with van der Waals surface area (Å²) in [6, 6.07) is 2.09. The third-order valence-corrected chi connectivity index (χ3v) is 4.57. The largest absolute Gasteiger partial charge is 0.338 e. The lowest BCUT2D eigenvalue weighted by molar-refractivity contribution is -0.131. The normalized spacial score (nSPS) is 15.5. The first-order valence-electron chi connectivity index (χ1n) is 8.91. The number of piperazine rings is 1. The van der Waals surface area contributed by atoms with Gasteiger partial charge in [0.2, 0.25) is 11.9 Å². The van der Waals surface area contributed by atoms with Crippen LogP contribution in [0.3, 0.4) is 0 Å². The molecule has 0 aromatic carbocycles. The molecule has 0 bridgehead atoms. The average molecular weight is 358 g/mol. The first-order chi connectivity index (χ1) is 12.5. The Morgan fingerprint density at radius 2 is 1.88 bits per heavy atom. The van der Waals surface area contributed by atoms with E-state index < -0.39 is 0 Å². The van der Waals surface area contributed by atoms with Crippen LogP contribution in [0, 0.1) is 0 Å². The van der Waals surface area contributed by atoms with E-state index in [0.717, 1.165) is 38.0 Å². The van der Waals surface area contributed by atoms with Gasteiger partial charge in [0.15, 0.2) is 5.82 Å². The summed E-state index contributed by atoms with van der Waals surface area (Å²) >= 11 is 0. The van der Waals surface area contributed by atoms with E-state index in [9.17, 15) is 4.79 Å². The van der Waals surface area contributed by atoms with Crippen molar-refractivity contribution in [3.63, 3.8) is 0 Å². The van der Waals surface area contributed by atoms with Crippen molar-refractivity contribution in [2.45, 2.75) is 26.4 Å². The molecule has 0 N–H and O–H groups in total. The quantitative estimate of drug-likeness (QED) is 0.740. The number of anilines is 1. The third-order valence-electron chi connectivity index (χ3n) is 4.57. The van der Waals surface area contributed by atoms with Crippen LogP contribution in [0.1, 0.15) is 25.7 Å². The minimum atomic E-state index is 0.0905. The number of rotatable bonds is 6. The molecule has 3 rings (SSSR count). The Balaban J connectivity index is 1.48. The van der Waals surface area contributed by atoms with Crippen molar-refractivity contribution in [2.75, 3.05) is 44.7 Å². The van der Waals surface area contributed by atoms with Crippen LogP contribution in [0.2, 0.25) is 0 Å². The first-order valence-corrected chi connectivity index (χ1v) is 8.91. The van der Waals surface area contributed by atoms with Gasteiger partial charge in [-0.3, -0.25) is 9.69 Å². The molecule has 0 spiro atoms. The standard InChI is InChI=1S/C17H26N8O/c1-14(2)25-13-20-21-15(25)11-22(3)16(26)12-23-7-9-24(10-8-23)17-18-5-4-6-19-17/h4-6,13-14H,7-12H2,1-3H3. The number of hydrogen-bond donors (Lipinski definition) is 0. The second-order valence-corrected chi connectivity index (χ2v) is 6.81. The lowest BCUT2D eigenvalue weighted by Crippen LogP contribution is -2.50. The summed E-state index contributed by atoms with van der Waals surface area (Å²) in [4.78, 5) is 27.2. The molecule has 1 saturated heterocycles. The van der Waals surface area contributed by atoms with Crippen LogP contribution in [-0.2, 0) is 11.3 Å². The van der Waals surface area contributed by atoms with Crippen LogP contribution in [0.25, 0.3) is 0 Å². The average Bonchev–Trinajstić information content (AvgIpc) is 3.11. The zero-order valence-corrected chi connectivity index (χ0v) is 15.6. The van der Waals surface area contributed by atoms with Gasteiger partial charge in [0, 0.05) is 51.7 Å². The van der Waals surface area contributed by atoms with Gasteiger partial charge in [-0.15, -0.1) is 10.2 Å². The van der Waals surface area contributed by atoms with E-state index in [0.29, 0.717) is 13.1 Å². The summed E-state index contributed by atoms with van der Waals surface area (Å²) in [7, 11) is 1.82. The number of aromatic nitrogens is 5. The highest BCUT2D eigenvalue weighted by Gasteiger charge is 2.22. The molecule has 9 heteroatoms. The maximum absolute atomic E-state index is 12.6. The monoisotopic (exact) mass is 358 g/mol. The molecular formula is C17H26N8O. The topological polar surface area (TPSA) is 83.3 Å². The molecule has 2 aromatic heterocycles. The Labute approximate surface area is 153 Å². The van der Waals surface area contributed by atoms with Crippen LogP contribution < -0.4 is 4.90 Å². The molecule has 9 nitrogen and oxygen atoms in total. The van der Waals surface area contributed by atoms with Gasteiger partial charge < -0.3 is 14.4 Å². The number of carbonyl (C=O) groups is 1. The smallest absolute Gasteiger partial charge is 0.236 e. The summed E-state index contributed by atoms with van der Waals surface area (Å²) in [5.74, 6) is 1.65. The second kappa shape index (κ2) is 8.22. The molecule has 1 fully saturated rings. The molecular weight excluding hydrogens is 332 g/mol. The van der Waals surface area contributed by atoms with Crippen LogP contribution in [0.5, 0.6) is 0 Å². The molecule has 0 atom stereocenters. The van der Waals surface area contributed by atoms with Gasteiger partial charge in [-0.25, -0.2) is 9.97 Å². The second-order valence-electron chi connectivity index (χ2n) is 6.81. The van der Waals surface area contributed by atoms with Crippen LogP contribution in [-0.4, -0.2) is 80.2 Å². The number of nitrogens with zero attached hydrogens (tertiary/aromatic N) is 8. The summed E-state index contributed by atoms with van der Waals surface area (Å²) < 4.78 is 1.99. The third kappa shape index (κ3) is 4.34. The zero-order valence-electron chi connectivity index (χ0n) is 15.6. The van der Waals surface area contributed by atoms with E-state index in [1.807, 2.05) is 17.7 Å². The Hall–Kier alpha value is -2.55. The number of carbonyl (C=O) groups excluding carboxylic acids is 1. The number of likely N-dealkylation sites (N-methyl/N-ethyl adjacent to an activating group) is 1. The lowest BCUT2D eigenvalue weighted by atomic mass is 10.3. The molecule has 2 aromatic rings. The summed E-state index contributed by atoms with van der Waals surface area (Å²) in [5.41, 5.74) is 0. The Bertz CT molecular complexity index is 709. The minimum Gasteiger partial charge on any atom is -0.338 e. The highest BCUT2D eigenvalue weighted by molar-refractivity contribution is 5.77. The molecule has 1 aliphatic heterocycles. The van der Waals surface area contributed by atoms with Gasteiger partial charge in [0.25, 0.3) is 0 Å². The van der Waals surface area contributed by atoms with Gasteiger partial charge in [0.1, 0.15) is 6.33 Å². The van der Waals surface area contributed by atoms with E-state index in [4.69, 9.17) is 0 Å². The fourth-order valence-electron chi connectivity index (χ4n) is 2.98. The fourth-order valence-corrected chi connectivity index (χ4v) is 2.98. The van der Waals surface area contributed by atoms with Gasteiger partial charge in [-0.2, -0.15) is 0 Å². The molecule has 0 aliphatic carbocycles. The Morgan fingerprint density at radius 3 is 2.54 bits per heavy atom. The highest BCUT2D eigenvalue weighted by atomic mass is 16.2. The molecule has 0 unspecified atom stereocenters. The summed E-state index contributed by atoms with van der Waals surface area (Å²) in [5, 5.41) is 8.09. The van der Waals surface area contributed by atoms with Crippen molar-refractivity contribution < 1.29 is 4.79 Å². The van der Waals surface area contributed by atoms with E-state index in [-0.39, 0.29) is 11.9 Å². The molecule has 0 radical (unpaired) electrons. The van der Waals surface area contributed by atoms with E-state index >= 15 is 0 Å². The van der Waals surface area contributed by atoms with Crippen LogP contribution in [0.15, 0.2) is 24.8 Å². The van der Waals surface area contributed by atoms with Crippen LogP contribution in [0.4, 0.5) is 5.95 Å². The minimum absolute atomic E-state index is 0.0905. The molecule has 26 heavy (non-hydrogen) atoms. The van der Waals surface area contributed by atoms with Gasteiger partial charge in [0.05, 0.1) is 13.1 Å².